The zero-order valence-electron chi connectivity index (χ0n) is 15.1. The highest BCUT2D eigenvalue weighted by Crippen LogP contribution is 2.20. The molecule has 1 aromatic carbocycles. The van der Waals surface area contributed by atoms with Gasteiger partial charge in [0, 0.05) is 13.1 Å². The number of benzene rings is 1. The van der Waals surface area contributed by atoms with Crippen LogP contribution in [0.25, 0.3) is 0 Å². The van der Waals surface area contributed by atoms with E-state index in [0.717, 1.165) is 6.07 Å². The van der Waals surface area contributed by atoms with E-state index in [1.807, 2.05) is 0 Å². The number of esters is 1. The van der Waals surface area contributed by atoms with Crippen LogP contribution >= 0.6 is 0 Å². The zero-order valence-corrected chi connectivity index (χ0v) is 15.9. The summed E-state index contributed by atoms with van der Waals surface area (Å²) >= 11 is 0. The minimum absolute atomic E-state index is 0.0909. The third-order valence-corrected chi connectivity index (χ3v) is 5.64. The van der Waals surface area contributed by atoms with Crippen molar-refractivity contribution in [2.75, 3.05) is 26.2 Å². The van der Waals surface area contributed by atoms with E-state index in [0.29, 0.717) is 5.56 Å². The van der Waals surface area contributed by atoms with Crippen molar-refractivity contribution in [3.63, 3.8) is 0 Å². The first-order valence-corrected chi connectivity index (χ1v) is 9.47. The predicted molar refractivity (Wildman–Crippen MR) is 90.6 cm³/mol. The Hall–Kier alpha value is -2.14. The van der Waals surface area contributed by atoms with Crippen molar-refractivity contribution in [2.45, 2.75) is 31.8 Å². The molecule has 0 bridgehead atoms. The van der Waals surface area contributed by atoms with Gasteiger partial charge in [-0.15, -0.1) is 0 Å². The minimum atomic E-state index is -4.58. The largest absolute Gasteiger partial charge is 0.452 e. The Morgan fingerprint density at radius 3 is 2.30 bits per heavy atom. The normalized spacial score (nSPS) is 12.1. The van der Waals surface area contributed by atoms with Gasteiger partial charge in [-0.05, 0) is 24.6 Å². The van der Waals surface area contributed by atoms with Crippen molar-refractivity contribution >= 4 is 21.9 Å². The molecule has 0 fully saturated rings. The highest BCUT2D eigenvalue weighted by Gasteiger charge is 2.28. The number of halogens is 3. The molecule has 1 amide bonds. The van der Waals surface area contributed by atoms with Crippen LogP contribution in [0.2, 0.25) is 0 Å². The number of aryl methyl sites for hydroxylation is 1. The Morgan fingerprint density at radius 1 is 1.19 bits per heavy atom. The third-order valence-electron chi connectivity index (χ3n) is 3.59. The van der Waals surface area contributed by atoms with Gasteiger partial charge in [-0.3, -0.25) is 4.79 Å². The van der Waals surface area contributed by atoms with Crippen LogP contribution in [0.15, 0.2) is 23.1 Å². The SMILES string of the molecule is CCN(CC)S(=O)(=O)c1ccc(C)c(C(=O)OCC(=O)NCC(F)(F)F)c1. The van der Waals surface area contributed by atoms with Crippen molar-refractivity contribution in [2.24, 2.45) is 0 Å². The first-order chi connectivity index (χ1) is 12.4. The van der Waals surface area contributed by atoms with Gasteiger partial charge in [0.25, 0.3) is 5.91 Å². The number of amides is 1. The van der Waals surface area contributed by atoms with Crippen molar-refractivity contribution in [3.05, 3.63) is 29.3 Å². The molecule has 0 unspecified atom stereocenters. The smallest absolute Gasteiger partial charge is 0.405 e. The topological polar surface area (TPSA) is 92.8 Å². The summed E-state index contributed by atoms with van der Waals surface area (Å²) in [5.74, 6) is -2.13. The van der Waals surface area contributed by atoms with Gasteiger partial charge in [0.15, 0.2) is 6.61 Å². The van der Waals surface area contributed by atoms with Gasteiger partial charge in [-0.25, -0.2) is 13.2 Å². The van der Waals surface area contributed by atoms with Crippen molar-refractivity contribution < 1.29 is 35.9 Å². The number of carbonyl (C=O) groups excluding carboxylic acids is 2. The maximum Gasteiger partial charge on any atom is 0.405 e. The molecule has 0 aliphatic rings. The first-order valence-electron chi connectivity index (χ1n) is 8.03. The number of nitrogens with zero attached hydrogens (tertiary/aromatic N) is 1. The maximum atomic E-state index is 12.5. The van der Waals surface area contributed by atoms with Crippen LogP contribution in [0.4, 0.5) is 13.2 Å². The molecule has 0 saturated carbocycles. The van der Waals surface area contributed by atoms with E-state index >= 15 is 0 Å². The predicted octanol–water partition coefficient (Wildman–Crippen LogP) is 1.86. The molecular weight excluding hydrogens is 389 g/mol. The summed E-state index contributed by atoms with van der Waals surface area (Å²) < 4.78 is 67.0. The number of carbonyl (C=O) groups is 2. The Bertz CT molecular complexity index is 790. The molecule has 0 radical (unpaired) electrons. The summed E-state index contributed by atoms with van der Waals surface area (Å²) in [4.78, 5) is 23.3. The number of sulfonamides is 1. The number of alkyl halides is 3. The second-order valence-corrected chi connectivity index (χ2v) is 7.47. The molecular formula is C16H21F3N2O5S. The molecule has 0 aliphatic carbocycles. The monoisotopic (exact) mass is 410 g/mol. The van der Waals surface area contributed by atoms with Crippen LogP contribution in [-0.2, 0) is 19.6 Å². The second-order valence-electron chi connectivity index (χ2n) is 5.53. The van der Waals surface area contributed by atoms with Gasteiger partial charge in [0.2, 0.25) is 10.0 Å². The fraction of sp³-hybridized carbons (Fsp3) is 0.500. The molecule has 7 nitrogen and oxygen atoms in total. The van der Waals surface area contributed by atoms with Crippen molar-refractivity contribution in [1.29, 1.82) is 0 Å². The third kappa shape index (κ3) is 6.51. The number of rotatable bonds is 8. The molecule has 0 aromatic heterocycles. The number of ether oxygens (including phenoxy) is 1. The molecule has 0 heterocycles. The van der Waals surface area contributed by atoms with Crippen LogP contribution in [0.3, 0.4) is 0 Å². The van der Waals surface area contributed by atoms with Crippen LogP contribution < -0.4 is 5.32 Å². The van der Waals surface area contributed by atoms with Gasteiger partial charge < -0.3 is 10.1 Å². The van der Waals surface area contributed by atoms with E-state index in [4.69, 9.17) is 0 Å². The van der Waals surface area contributed by atoms with Crippen LogP contribution in [-0.4, -0.2) is 57.0 Å². The Morgan fingerprint density at radius 2 is 1.78 bits per heavy atom. The lowest BCUT2D eigenvalue weighted by molar-refractivity contribution is -0.140. The van der Waals surface area contributed by atoms with Crippen molar-refractivity contribution in [3.8, 4) is 0 Å². The molecule has 0 spiro atoms. The Kier molecular flexibility index (Phi) is 7.78. The Labute approximate surface area is 155 Å². The number of hydrogen-bond acceptors (Lipinski definition) is 5. The van der Waals surface area contributed by atoms with Crippen LogP contribution in [0.5, 0.6) is 0 Å². The van der Waals surface area contributed by atoms with Gasteiger partial charge in [0.1, 0.15) is 6.54 Å². The standard InChI is InChI=1S/C16H21F3N2O5S/c1-4-21(5-2)27(24,25)12-7-6-11(3)13(8-12)15(23)26-9-14(22)20-10-16(17,18)19/h6-8H,4-5,9-10H2,1-3H3,(H,20,22). The number of hydrogen-bond donors (Lipinski definition) is 1. The Balaban J connectivity index is 2.91. The molecule has 0 saturated heterocycles. The first kappa shape index (κ1) is 22.9. The van der Waals surface area contributed by atoms with E-state index in [1.165, 1.54) is 23.4 Å². The quantitative estimate of drug-likeness (QED) is 0.661. The minimum Gasteiger partial charge on any atom is -0.452 e. The molecule has 1 N–H and O–H groups in total. The average Bonchev–Trinajstić information content (AvgIpc) is 2.58. The summed E-state index contributed by atoms with van der Waals surface area (Å²) in [6, 6.07) is 3.88. The maximum absolute atomic E-state index is 12.5. The zero-order chi connectivity index (χ0) is 20.8. The van der Waals surface area contributed by atoms with E-state index in [2.05, 4.69) is 4.74 Å². The number of nitrogens with one attached hydrogen (secondary N) is 1. The molecule has 1 rings (SSSR count). The fourth-order valence-corrected chi connectivity index (χ4v) is 3.64. The highest BCUT2D eigenvalue weighted by atomic mass is 32.2. The summed E-state index contributed by atoms with van der Waals surface area (Å²) in [7, 11) is -3.81. The lowest BCUT2D eigenvalue weighted by Gasteiger charge is -2.19. The average molecular weight is 410 g/mol. The molecule has 0 atom stereocenters. The molecule has 27 heavy (non-hydrogen) atoms. The van der Waals surface area contributed by atoms with Crippen LogP contribution in [0.1, 0.15) is 29.8 Å². The summed E-state index contributed by atoms with van der Waals surface area (Å²) in [5, 5.41) is 1.57. The van der Waals surface area contributed by atoms with Crippen LogP contribution in [0, 0.1) is 6.92 Å². The summed E-state index contributed by atoms with van der Waals surface area (Å²) in [6.45, 7) is 2.90. The lowest BCUT2D eigenvalue weighted by atomic mass is 10.1. The van der Waals surface area contributed by atoms with E-state index in [1.54, 1.807) is 19.2 Å². The van der Waals surface area contributed by atoms with E-state index in [9.17, 15) is 31.2 Å². The van der Waals surface area contributed by atoms with E-state index in [-0.39, 0.29) is 23.5 Å². The van der Waals surface area contributed by atoms with Gasteiger partial charge >= 0.3 is 12.1 Å². The van der Waals surface area contributed by atoms with Crippen molar-refractivity contribution in [1.82, 2.24) is 9.62 Å². The second kappa shape index (κ2) is 9.18. The highest BCUT2D eigenvalue weighted by molar-refractivity contribution is 7.89. The van der Waals surface area contributed by atoms with E-state index < -0.39 is 41.2 Å². The molecule has 152 valence electrons. The summed E-state index contributed by atoms with van der Waals surface area (Å²) in [5.41, 5.74) is 0.307. The fourth-order valence-electron chi connectivity index (χ4n) is 2.15. The molecule has 0 aliphatic heterocycles. The molecule has 1 aromatic rings. The van der Waals surface area contributed by atoms with Gasteiger partial charge in [0.05, 0.1) is 10.5 Å². The summed E-state index contributed by atoms with van der Waals surface area (Å²) in [6.07, 6.45) is -4.58. The molecule has 11 heteroatoms. The van der Waals surface area contributed by atoms with Gasteiger partial charge in [-0.2, -0.15) is 17.5 Å². The lowest BCUT2D eigenvalue weighted by Crippen LogP contribution is -2.36. The van der Waals surface area contributed by atoms with Gasteiger partial charge in [-0.1, -0.05) is 19.9 Å².